The number of urea groups is 1. The number of methoxy groups -OCH3 is 1. The van der Waals surface area contributed by atoms with Crippen LogP contribution in [-0.4, -0.2) is 43.1 Å². The van der Waals surface area contributed by atoms with E-state index < -0.39 is 17.8 Å². The highest BCUT2D eigenvalue weighted by atomic mass is 16.5. The molecule has 186 valence electrons. The molecule has 0 unspecified atom stereocenters. The van der Waals surface area contributed by atoms with Gasteiger partial charge in [-0.1, -0.05) is 18.2 Å². The van der Waals surface area contributed by atoms with Crippen LogP contribution in [0.25, 0.3) is 6.08 Å². The third-order valence-electron chi connectivity index (χ3n) is 5.38. The van der Waals surface area contributed by atoms with Crippen molar-refractivity contribution in [3.8, 4) is 17.2 Å². The molecule has 1 saturated heterocycles. The summed E-state index contributed by atoms with van der Waals surface area (Å²) in [6.07, 6.45) is 3.51. The first-order chi connectivity index (χ1) is 17.4. The first kappa shape index (κ1) is 24.6. The van der Waals surface area contributed by atoms with Crippen LogP contribution in [0, 0.1) is 6.92 Å². The summed E-state index contributed by atoms with van der Waals surface area (Å²) in [5, 5.41) is 2.19. The van der Waals surface area contributed by atoms with E-state index in [0.29, 0.717) is 42.5 Å². The van der Waals surface area contributed by atoms with Crippen LogP contribution < -0.4 is 19.5 Å². The lowest BCUT2D eigenvalue weighted by molar-refractivity contribution is -0.130. The Balaban J connectivity index is 1.39. The van der Waals surface area contributed by atoms with Gasteiger partial charge in [-0.25, -0.2) is 4.79 Å². The summed E-state index contributed by atoms with van der Waals surface area (Å²) in [7, 11) is 1.50. The standard InChI is InChI=1S/C27H26N2O7/c1-18-6-3-7-20(14-18)34-12-5-13-36-23-10-9-19(16-24(23)33-2)15-22-25(30)28-27(32)29(26(22)31)17-21-8-4-11-35-21/h3-4,6-11,14-16H,5,12-13,17H2,1-2H3,(H,28,30,32)/b22-15-. The van der Waals surface area contributed by atoms with Crippen LogP contribution in [0.5, 0.6) is 17.2 Å². The first-order valence-corrected chi connectivity index (χ1v) is 11.4. The molecule has 1 aliphatic rings. The number of benzene rings is 2. The number of ether oxygens (including phenoxy) is 3. The average molecular weight is 491 g/mol. The normalized spacial score (nSPS) is 14.7. The molecule has 1 N–H and O–H groups in total. The van der Waals surface area contributed by atoms with Gasteiger partial charge in [0.1, 0.15) is 17.1 Å². The van der Waals surface area contributed by atoms with E-state index >= 15 is 0 Å². The minimum absolute atomic E-state index is 0.0913. The summed E-state index contributed by atoms with van der Waals surface area (Å²) in [6.45, 7) is 2.83. The number of aryl methyl sites for hydroxylation is 1. The van der Waals surface area contributed by atoms with Crippen molar-refractivity contribution in [3.63, 3.8) is 0 Å². The molecule has 9 nitrogen and oxygen atoms in total. The van der Waals surface area contributed by atoms with Crippen molar-refractivity contribution < 1.29 is 33.0 Å². The van der Waals surface area contributed by atoms with Crippen molar-refractivity contribution in [3.05, 3.63) is 83.3 Å². The fourth-order valence-electron chi connectivity index (χ4n) is 3.59. The Hall–Kier alpha value is -4.53. The molecule has 0 saturated carbocycles. The van der Waals surface area contributed by atoms with Crippen molar-refractivity contribution in [2.75, 3.05) is 20.3 Å². The molecule has 9 heteroatoms. The van der Waals surface area contributed by atoms with Gasteiger partial charge in [-0.05, 0) is 60.5 Å². The van der Waals surface area contributed by atoms with Crippen molar-refractivity contribution >= 4 is 23.9 Å². The van der Waals surface area contributed by atoms with E-state index in [1.54, 1.807) is 30.3 Å². The Morgan fingerprint density at radius 3 is 2.56 bits per heavy atom. The summed E-state index contributed by atoms with van der Waals surface area (Å²) >= 11 is 0. The van der Waals surface area contributed by atoms with Gasteiger partial charge in [-0.3, -0.25) is 19.8 Å². The van der Waals surface area contributed by atoms with E-state index in [4.69, 9.17) is 18.6 Å². The Bertz CT molecular complexity index is 1280. The summed E-state index contributed by atoms with van der Waals surface area (Å²) in [4.78, 5) is 38.4. The van der Waals surface area contributed by atoms with Crippen molar-refractivity contribution in [1.82, 2.24) is 10.2 Å². The second-order valence-corrected chi connectivity index (χ2v) is 8.07. The Kier molecular flexibility index (Phi) is 7.69. The van der Waals surface area contributed by atoms with Crippen LogP contribution in [0.15, 0.2) is 70.9 Å². The molecule has 0 atom stereocenters. The molecule has 0 spiro atoms. The van der Waals surface area contributed by atoms with E-state index in [1.165, 1.54) is 19.4 Å². The molecule has 2 heterocycles. The van der Waals surface area contributed by atoms with Crippen LogP contribution in [0.1, 0.15) is 23.3 Å². The maximum Gasteiger partial charge on any atom is 0.331 e. The number of nitrogens with zero attached hydrogens (tertiary/aromatic N) is 1. The molecular weight excluding hydrogens is 464 g/mol. The molecule has 0 bridgehead atoms. The molecule has 3 aromatic rings. The zero-order valence-electron chi connectivity index (χ0n) is 20.0. The van der Waals surface area contributed by atoms with Gasteiger partial charge < -0.3 is 18.6 Å². The molecule has 36 heavy (non-hydrogen) atoms. The lowest BCUT2D eigenvalue weighted by Gasteiger charge is -2.25. The third-order valence-corrected chi connectivity index (χ3v) is 5.38. The zero-order chi connectivity index (χ0) is 25.5. The average Bonchev–Trinajstić information content (AvgIpc) is 3.38. The van der Waals surface area contributed by atoms with Gasteiger partial charge in [0.2, 0.25) is 0 Å². The predicted molar refractivity (Wildman–Crippen MR) is 131 cm³/mol. The highest BCUT2D eigenvalue weighted by Gasteiger charge is 2.36. The SMILES string of the molecule is COc1cc(/C=C2/C(=O)NC(=O)N(Cc3ccco3)C2=O)ccc1OCCCOc1cccc(C)c1. The minimum atomic E-state index is -0.800. The van der Waals surface area contributed by atoms with Crippen LogP contribution in [0.2, 0.25) is 0 Å². The number of nitrogens with one attached hydrogen (secondary N) is 1. The molecule has 0 aliphatic carbocycles. The van der Waals surface area contributed by atoms with Crippen LogP contribution >= 0.6 is 0 Å². The van der Waals surface area contributed by atoms with Gasteiger partial charge in [0.05, 0.1) is 33.1 Å². The van der Waals surface area contributed by atoms with Gasteiger partial charge >= 0.3 is 6.03 Å². The van der Waals surface area contributed by atoms with Crippen LogP contribution in [0.3, 0.4) is 0 Å². The van der Waals surface area contributed by atoms with Gasteiger partial charge in [-0.2, -0.15) is 0 Å². The van der Waals surface area contributed by atoms with E-state index in [2.05, 4.69) is 5.32 Å². The number of furan rings is 1. The number of amides is 4. The smallest absolute Gasteiger partial charge is 0.331 e. The van der Waals surface area contributed by atoms with Crippen molar-refractivity contribution in [2.24, 2.45) is 0 Å². The molecule has 4 amide bonds. The summed E-state index contributed by atoms with van der Waals surface area (Å²) in [6, 6.07) is 15.4. The second kappa shape index (κ2) is 11.3. The summed E-state index contributed by atoms with van der Waals surface area (Å²) in [5.74, 6) is 0.706. The number of barbiturate groups is 1. The molecular formula is C27H26N2O7. The highest BCUT2D eigenvalue weighted by Crippen LogP contribution is 2.29. The fraction of sp³-hybridized carbons (Fsp3) is 0.222. The van der Waals surface area contributed by atoms with Gasteiger partial charge in [0.15, 0.2) is 11.5 Å². The number of rotatable bonds is 10. The second-order valence-electron chi connectivity index (χ2n) is 8.07. The fourth-order valence-corrected chi connectivity index (χ4v) is 3.59. The van der Waals surface area contributed by atoms with Crippen LogP contribution in [-0.2, 0) is 16.1 Å². The van der Waals surface area contributed by atoms with Crippen LogP contribution in [0.4, 0.5) is 4.79 Å². The van der Waals surface area contributed by atoms with Gasteiger partial charge in [-0.15, -0.1) is 0 Å². The Morgan fingerprint density at radius 2 is 1.81 bits per heavy atom. The monoisotopic (exact) mass is 490 g/mol. The lowest BCUT2D eigenvalue weighted by atomic mass is 10.1. The quantitative estimate of drug-likeness (QED) is 0.259. The van der Waals surface area contributed by atoms with Gasteiger partial charge in [0.25, 0.3) is 11.8 Å². The zero-order valence-corrected chi connectivity index (χ0v) is 20.0. The minimum Gasteiger partial charge on any atom is -0.493 e. The topological polar surface area (TPSA) is 107 Å². The van der Waals surface area contributed by atoms with Crippen molar-refractivity contribution in [2.45, 2.75) is 19.9 Å². The Morgan fingerprint density at radius 1 is 0.972 bits per heavy atom. The Labute approximate surface area is 208 Å². The third kappa shape index (κ3) is 5.93. The summed E-state index contributed by atoms with van der Waals surface area (Å²) < 4.78 is 22.2. The lowest BCUT2D eigenvalue weighted by Crippen LogP contribution is -2.53. The molecule has 0 radical (unpaired) electrons. The number of imide groups is 2. The first-order valence-electron chi connectivity index (χ1n) is 11.4. The predicted octanol–water partition coefficient (Wildman–Crippen LogP) is 4.11. The maximum atomic E-state index is 12.9. The molecule has 1 aliphatic heterocycles. The molecule has 1 fully saturated rings. The number of carbonyl (C=O) groups excluding carboxylic acids is 3. The molecule has 1 aromatic heterocycles. The number of hydrogen-bond acceptors (Lipinski definition) is 7. The maximum absolute atomic E-state index is 12.9. The molecule has 2 aromatic carbocycles. The molecule has 4 rings (SSSR count). The number of carbonyl (C=O) groups is 3. The van der Waals surface area contributed by atoms with E-state index in [-0.39, 0.29) is 12.1 Å². The van der Waals surface area contributed by atoms with Crippen molar-refractivity contribution in [1.29, 1.82) is 0 Å². The summed E-state index contributed by atoms with van der Waals surface area (Å²) in [5.41, 5.74) is 1.49. The number of hydrogen-bond donors (Lipinski definition) is 1. The largest absolute Gasteiger partial charge is 0.493 e. The van der Waals surface area contributed by atoms with Gasteiger partial charge in [0, 0.05) is 6.42 Å². The van der Waals surface area contributed by atoms with E-state index in [9.17, 15) is 14.4 Å². The highest BCUT2D eigenvalue weighted by molar-refractivity contribution is 6.30. The van der Waals surface area contributed by atoms with E-state index in [1.807, 2.05) is 31.2 Å². The van der Waals surface area contributed by atoms with E-state index in [0.717, 1.165) is 16.2 Å².